The second-order valence-corrected chi connectivity index (χ2v) is 8.70. The van der Waals surface area contributed by atoms with Crippen molar-refractivity contribution in [2.75, 3.05) is 25.4 Å². The number of hydrogen-bond acceptors (Lipinski definition) is 6. The standard InChI is InChI=1S/C22H21F4N7O2/c23-13-3-4-14-16(8-13)33(11-18(34)32-7-1-2-17(32)22(24,25)26)30-19(14)12-9-31(10-12)20(35)15-5-6-28-21(27)29-15/h3-6,8,12,17H,1-2,7,9-11H2,(H2,27,28,29)/t17-/m0/s1. The van der Waals surface area contributed by atoms with Gasteiger partial charge in [0.05, 0.1) is 11.2 Å². The third-order valence-corrected chi connectivity index (χ3v) is 6.43. The molecule has 3 aromatic rings. The summed E-state index contributed by atoms with van der Waals surface area (Å²) in [5, 5.41) is 5.05. The van der Waals surface area contributed by atoms with Crippen LogP contribution in [0.25, 0.3) is 10.9 Å². The van der Waals surface area contributed by atoms with Gasteiger partial charge in [0.1, 0.15) is 24.1 Å². The summed E-state index contributed by atoms with van der Waals surface area (Å²) in [6.07, 6.45) is -3.00. The van der Waals surface area contributed by atoms with E-state index in [1.807, 2.05) is 0 Å². The molecule has 2 amide bonds. The predicted molar refractivity (Wildman–Crippen MR) is 116 cm³/mol. The van der Waals surface area contributed by atoms with E-state index in [2.05, 4.69) is 15.1 Å². The maximum Gasteiger partial charge on any atom is 0.408 e. The molecule has 0 unspecified atom stereocenters. The number of anilines is 1. The monoisotopic (exact) mass is 491 g/mol. The van der Waals surface area contributed by atoms with Crippen LogP contribution in [-0.4, -0.2) is 73.2 Å². The van der Waals surface area contributed by atoms with E-state index in [4.69, 9.17) is 5.73 Å². The first-order chi connectivity index (χ1) is 16.6. The molecule has 1 aromatic carbocycles. The first-order valence-electron chi connectivity index (χ1n) is 11.0. The molecular formula is C22H21F4N7O2. The fourth-order valence-electron chi connectivity index (χ4n) is 4.69. The lowest BCUT2D eigenvalue weighted by atomic mass is 9.93. The highest BCUT2D eigenvalue weighted by atomic mass is 19.4. The van der Waals surface area contributed by atoms with Crippen molar-refractivity contribution in [3.8, 4) is 0 Å². The first kappa shape index (κ1) is 23.0. The second kappa shape index (κ2) is 8.47. The number of benzene rings is 1. The lowest BCUT2D eigenvalue weighted by molar-refractivity contribution is -0.183. The molecule has 0 aliphatic carbocycles. The second-order valence-electron chi connectivity index (χ2n) is 8.70. The van der Waals surface area contributed by atoms with Crippen molar-refractivity contribution in [1.82, 2.24) is 29.5 Å². The number of alkyl halides is 3. The van der Waals surface area contributed by atoms with Crippen LogP contribution in [0, 0.1) is 5.82 Å². The zero-order chi connectivity index (χ0) is 24.9. The number of aromatic nitrogens is 4. The average Bonchev–Trinajstić information content (AvgIpc) is 3.39. The molecule has 1 atom stereocenters. The number of likely N-dealkylation sites (tertiary alicyclic amines) is 2. The van der Waals surface area contributed by atoms with Gasteiger partial charge in [0.25, 0.3) is 5.91 Å². The predicted octanol–water partition coefficient (Wildman–Crippen LogP) is 2.34. The molecule has 5 rings (SSSR count). The van der Waals surface area contributed by atoms with E-state index in [-0.39, 0.29) is 42.9 Å². The van der Waals surface area contributed by atoms with Crippen LogP contribution in [-0.2, 0) is 11.3 Å². The van der Waals surface area contributed by atoms with Crippen molar-refractivity contribution in [3.05, 3.63) is 47.7 Å². The maximum atomic E-state index is 14.0. The number of fused-ring (bicyclic) bond motifs is 1. The van der Waals surface area contributed by atoms with Crippen molar-refractivity contribution in [3.63, 3.8) is 0 Å². The van der Waals surface area contributed by atoms with Crippen LogP contribution in [0.2, 0.25) is 0 Å². The molecule has 2 fully saturated rings. The van der Waals surface area contributed by atoms with Gasteiger partial charge in [0.2, 0.25) is 11.9 Å². The number of carbonyl (C=O) groups is 2. The van der Waals surface area contributed by atoms with Crippen LogP contribution in [0.5, 0.6) is 0 Å². The number of nitrogens with zero attached hydrogens (tertiary/aromatic N) is 6. The summed E-state index contributed by atoms with van der Waals surface area (Å²) in [7, 11) is 0. The van der Waals surface area contributed by atoms with Gasteiger partial charge in [-0.2, -0.15) is 18.3 Å². The van der Waals surface area contributed by atoms with E-state index in [0.717, 1.165) is 4.90 Å². The van der Waals surface area contributed by atoms with Gasteiger partial charge in [-0.25, -0.2) is 14.4 Å². The first-order valence-corrected chi connectivity index (χ1v) is 11.0. The lowest BCUT2D eigenvalue weighted by Gasteiger charge is -2.38. The van der Waals surface area contributed by atoms with Crippen LogP contribution in [0.15, 0.2) is 30.5 Å². The van der Waals surface area contributed by atoms with E-state index in [1.165, 1.54) is 35.1 Å². The Balaban J connectivity index is 1.37. The summed E-state index contributed by atoms with van der Waals surface area (Å²) in [4.78, 5) is 35.5. The fourth-order valence-corrected chi connectivity index (χ4v) is 4.69. The number of amides is 2. The Morgan fingerprint density at radius 3 is 2.66 bits per heavy atom. The number of nitrogen functional groups attached to an aromatic ring is 1. The van der Waals surface area contributed by atoms with E-state index in [1.54, 1.807) is 4.90 Å². The topological polar surface area (TPSA) is 110 Å². The number of halogens is 4. The summed E-state index contributed by atoms with van der Waals surface area (Å²) in [6.45, 7) is 0.184. The highest BCUT2D eigenvalue weighted by molar-refractivity contribution is 5.93. The van der Waals surface area contributed by atoms with Crippen LogP contribution in [0.1, 0.15) is 34.9 Å². The zero-order valence-corrected chi connectivity index (χ0v) is 18.4. The van der Waals surface area contributed by atoms with Crippen molar-refractivity contribution in [1.29, 1.82) is 0 Å². The molecule has 2 aliphatic heterocycles. The molecule has 2 saturated heterocycles. The highest BCUT2D eigenvalue weighted by Gasteiger charge is 2.47. The third-order valence-electron chi connectivity index (χ3n) is 6.43. The van der Waals surface area contributed by atoms with Crippen molar-refractivity contribution >= 4 is 28.7 Å². The lowest BCUT2D eigenvalue weighted by Crippen LogP contribution is -2.49. The summed E-state index contributed by atoms with van der Waals surface area (Å²) in [5.41, 5.74) is 6.55. The Morgan fingerprint density at radius 2 is 1.94 bits per heavy atom. The maximum absolute atomic E-state index is 14.0. The number of hydrogen-bond donors (Lipinski definition) is 1. The Kier molecular flexibility index (Phi) is 5.56. The molecule has 0 bridgehead atoms. The van der Waals surface area contributed by atoms with Crippen molar-refractivity contribution < 1.29 is 27.2 Å². The van der Waals surface area contributed by atoms with Gasteiger partial charge in [0, 0.05) is 37.1 Å². The molecule has 2 aromatic heterocycles. The average molecular weight is 491 g/mol. The van der Waals surface area contributed by atoms with Gasteiger partial charge in [-0.15, -0.1) is 0 Å². The van der Waals surface area contributed by atoms with Crippen LogP contribution < -0.4 is 5.73 Å². The quantitative estimate of drug-likeness (QED) is 0.561. The molecule has 0 saturated carbocycles. The normalized spacial score (nSPS) is 18.8. The van der Waals surface area contributed by atoms with Crippen LogP contribution in [0.3, 0.4) is 0 Å². The smallest absolute Gasteiger partial charge is 0.368 e. The Hall–Kier alpha value is -3.77. The molecule has 35 heavy (non-hydrogen) atoms. The molecule has 13 heteroatoms. The summed E-state index contributed by atoms with van der Waals surface area (Å²) >= 11 is 0. The summed E-state index contributed by atoms with van der Waals surface area (Å²) in [5.74, 6) is -1.82. The molecule has 2 N–H and O–H groups in total. The minimum Gasteiger partial charge on any atom is -0.368 e. The van der Waals surface area contributed by atoms with E-state index < -0.39 is 30.5 Å². The Bertz CT molecular complexity index is 1300. The molecular weight excluding hydrogens is 470 g/mol. The van der Waals surface area contributed by atoms with E-state index in [9.17, 15) is 27.2 Å². The Morgan fingerprint density at radius 1 is 1.17 bits per heavy atom. The van der Waals surface area contributed by atoms with E-state index >= 15 is 0 Å². The molecule has 0 spiro atoms. The van der Waals surface area contributed by atoms with Gasteiger partial charge < -0.3 is 15.5 Å². The SMILES string of the molecule is Nc1nccc(C(=O)N2CC(c3nn(CC(=O)N4CCC[C@H]4C(F)(F)F)c4cc(F)ccc34)C2)n1. The third kappa shape index (κ3) is 4.26. The van der Waals surface area contributed by atoms with Crippen molar-refractivity contribution in [2.24, 2.45) is 0 Å². The molecule has 0 radical (unpaired) electrons. The van der Waals surface area contributed by atoms with Gasteiger partial charge in [-0.1, -0.05) is 0 Å². The van der Waals surface area contributed by atoms with E-state index in [0.29, 0.717) is 29.7 Å². The minimum atomic E-state index is -4.51. The van der Waals surface area contributed by atoms with Crippen LogP contribution >= 0.6 is 0 Å². The van der Waals surface area contributed by atoms with Crippen molar-refractivity contribution in [2.45, 2.75) is 37.5 Å². The number of nitrogens with two attached hydrogens (primary N) is 1. The van der Waals surface area contributed by atoms with Gasteiger partial charge >= 0.3 is 6.18 Å². The molecule has 184 valence electrons. The molecule has 2 aliphatic rings. The highest BCUT2D eigenvalue weighted by Crippen LogP contribution is 2.35. The molecule has 4 heterocycles. The summed E-state index contributed by atoms with van der Waals surface area (Å²) < 4.78 is 55.2. The van der Waals surface area contributed by atoms with Gasteiger partial charge in [-0.3, -0.25) is 14.3 Å². The largest absolute Gasteiger partial charge is 0.408 e. The fraction of sp³-hybridized carbons (Fsp3) is 0.409. The molecule has 9 nitrogen and oxygen atoms in total. The zero-order valence-electron chi connectivity index (χ0n) is 18.4. The summed E-state index contributed by atoms with van der Waals surface area (Å²) in [6, 6.07) is 3.62. The van der Waals surface area contributed by atoms with Crippen LogP contribution in [0.4, 0.5) is 23.5 Å². The van der Waals surface area contributed by atoms with Gasteiger partial charge in [0.15, 0.2) is 0 Å². The minimum absolute atomic E-state index is 0.0106. The number of carbonyl (C=O) groups excluding carboxylic acids is 2. The Labute approximate surface area is 196 Å². The van der Waals surface area contributed by atoms with Gasteiger partial charge in [-0.05, 0) is 37.1 Å². The number of rotatable bonds is 4.